The molecule has 8 nitrogen and oxygen atoms in total. The summed E-state index contributed by atoms with van der Waals surface area (Å²) in [6, 6.07) is 18.1. The molecule has 3 aromatic carbocycles. The Labute approximate surface area is 198 Å². The molecule has 0 unspecified atom stereocenters. The number of carbonyl (C=O) groups is 1. The first-order valence-electron chi connectivity index (χ1n) is 10.8. The van der Waals surface area contributed by atoms with E-state index in [9.17, 15) is 13.2 Å². The smallest absolute Gasteiger partial charge is 0.243 e. The van der Waals surface area contributed by atoms with Gasteiger partial charge in [-0.15, -0.1) is 0 Å². The van der Waals surface area contributed by atoms with Crippen LogP contribution in [-0.4, -0.2) is 51.0 Å². The molecule has 0 spiro atoms. The van der Waals surface area contributed by atoms with Gasteiger partial charge in [-0.1, -0.05) is 18.2 Å². The van der Waals surface area contributed by atoms with Crippen LogP contribution in [0.5, 0.6) is 11.5 Å². The van der Waals surface area contributed by atoms with Crippen molar-refractivity contribution in [3.63, 3.8) is 0 Å². The quantitative estimate of drug-likeness (QED) is 0.409. The zero-order chi connectivity index (χ0) is 24.5. The van der Waals surface area contributed by atoms with Crippen molar-refractivity contribution in [1.82, 2.24) is 8.87 Å². The van der Waals surface area contributed by atoms with Gasteiger partial charge in [0.25, 0.3) is 0 Å². The van der Waals surface area contributed by atoms with Gasteiger partial charge < -0.3 is 19.4 Å². The highest BCUT2D eigenvalue weighted by Crippen LogP contribution is 2.32. The minimum Gasteiger partial charge on any atom is -0.493 e. The number of fused-ring (bicyclic) bond motifs is 3. The van der Waals surface area contributed by atoms with Crippen LogP contribution in [0.3, 0.4) is 0 Å². The van der Waals surface area contributed by atoms with E-state index in [1.54, 1.807) is 0 Å². The Bertz CT molecular complexity index is 1480. The van der Waals surface area contributed by atoms with E-state index in [0.717, 1.165) is 32.7 Å². The van der Waals surface area contributed by atoms with Crippen LogP contribution in [-0.2, 0) is 21.4 Å². The lowest BCUT2D eigenvalue weighted by molar-refractivity contribution is -0.116. The average molecular weight is 482 g/mol. The number of hydrogen-bond donors (Lipinski definition) is 1. The predicted octanol–water partition coefficient (Wildman–Crippen LogP) is 4.09. The van der Waals surface area contributed by atoms with Crippen molar-refractivity contribution < 1.29 is 22.7 Å². The fraction of sp³-hybridized carbons (Fsp3) is 0.240. The van der Waals surface area contributed by atoms with Gasteiger partial charge in [0.15, 0.2) is 11.5 Å². The zero-order valence-corrected chi connectivity index (χ0v) is 20.3. The molecule has 0 aliphatic rings. The van der Waals surface area contributed by atoms with E-state index in [4.69, 9.17) is 9.47 Å². The summed E-state index contributed by atoms with van der Waals surface area (Å²) in [6.07, 6.45) is 0. The number of anilines is 1. The third kappa shape index (κ3) is 4.20. The third-order valence-electron chi connectivity index (χ3n) is 5.80. The minimum atomic E-state index is -3.91. The number of hydrogen-bond acceptors (Lipinski definition) is 5. The molecule has 4 aromatic rings. The number of nitrogens with one attached hydrogen (secondary N) is 1. The summed E-state index contributed by atoms with van der Waals surface area (Å²) < 4.78 is 39.6. The molecule has 0 radical (unpaired) electrons. The summed E-state index contributed by atoms with van der Waals surface area (Å²) in [4.78, 5) is 12.7. The lowest BCUT2D eigenvalue weighted by atomic mass is 10.1. The summed E-state index contributed by atoms with van der Waals surface area (Å²) in [5.74, 6) is 0.271. The number of ether oxygens (including phenoxy) is 2. The van der Waals surface area contributed by atoms with Gasteiger partial charge in [0.05, 0.1) is 25.7 Å². The maximum Gasteiger partial charge on any atom is 0.243 e. The topological polar surface area (TPSA) is 89.9 Å². The van der Waals surface area contributed by atoms with Crippen LogP contribution < -0.4 is 14.8 Å². The van der Waals surface area contributed by atoms with E-state index in [-0.39, 0.29) is 11.4 Å². The van der Waals surface area contributed by atoms with Crippen molar-refractivity contribution in [3.05, 3.63) is 60.7 Å². The number of benzene rings is 3. The number of methoxy groups -OCH3 is 2. The molecule has 0 saturated heterocycles. The lowest BCUT2D eigenvalue weighted by Crippen LogP contribution is -2.35. The Balaban J connectivity index is 1.55. The average Bonchev–Trinajstić information content (AvgIpc) is 3.16. The van der Waals surface area contributed by atoms with Crippen molar-refractivity contribution in [2.45, 2.75) is 18.4 Å². The maximum absolute atomic E-state index is 13.0. The number of sulfonamides is 1. The third-order valence-corrected chi connectivity index (χ3v) is 7.60. The molecule has 178 valence electrons. The van der Waals surface area contributed by atoms with E-state index in [2.05, 4.69) is 28.9 Å². The SMILES string of the molecule is CCn1c2ccccc2c2cc(NC(=O)CN(C)S(=O)(=O)c3ccc(OC)c(OC)c3)ccc21. The number of carbonyl (C=O) groups excluding carboxylic acids is 1. The molecule has 0 atom stereocenters. The molecule has 1 N–H and O–H groups in total. The lowest BCUT2D eigenvalue weighted by Gasteiger charge is -2.18. The van der Waals surface area contributed by atoms with Crippen LogP contribution in [0.25, 0.3) is 21.8 Å². The Morgan fingerprint density at radius 1 is 0.941 bits per heavy atom. The molecule has 1 heterocycles. The van der Waals surface area contributed by atoms with Crippen LogP contribution in [0.1, 0.15) is 6.92 Å². The van der Waals surface area contributed by atoms with Crippen LogP contribution >= 0.6 is 0 Å². The Kier molecular flexibility index (Phi) is 6.49. The Morgan fingerprint density at radius 3 is 2.35 bits per heavy atom. The summed E-state index contributed by atoms with van der Waals surface area (Å²) >= 11 is 0. The molecule has 1 amide bonds. The molecule has 34 heavy (non-hydrogen) atoms. The van der Waals surface area contributed by atoms with Crippen molar-refractivity contribution in [2.24, 2.45) is 0 Å². The van der Waals surface area contributed by atoms with E-state index in [0.29, 0.717) is 17.2 Å². The van der Waals surface area contributed by atoms with Crippen molar-refractivity contribution >= 4 is 43.4 Å². The van der Waals surface area contributed by atoms with Gasteiger partial charge in [-0.25, -0.2) is 8.42 Å². The van der Waals surface area contributed by atoms with Gasteiger partial charge >= 0.3 is 0 Å². The second-order valence-electron chi connectivity index (χ2n) is 7.82. The van der Waals surface area contributed by atoms with E-state index in [1.165, 1.54) is 39.5 Å². The summed E-state index contributed by atoms with van der Waals surface area (Å²) in [7, 11) is 0.354. The largest absolute Gasteiger partial charge is 0.493 e. The molecule has 0 aliphatic carbocycles. The number of likely N-dealkylation sites (N-methyl/N-ethyl adjacent to an activating group) is 1. The first-order chi connectivity index (χ1) is 16.3. The number of nitrogens with zero attached hydrogens (tertiary/aromatic N) is 2. The molecule has 0 fully saturated rings. The summed E-state index contributed by atoms with van der Waals surface area (Å²) in [6.45, 7) is 2.58. The van der Waals surface area contributed by atoms with E-state index in [1.807, 2.05) is 30.3 Å². The van der Waals surface area contributed by atoms with Crippen molar-refractivity contribution in [3.8, 4) is 11.5 Å². The van der Waals surface area contributed by atoms with Crippen LogP contribution in [0.2, 0.25) is 0 Å². The molecule has 4 rings (SSSR count). The zero-order valence-electron chi connectivity index (χ0n) is 19.5. The standard InChI is InChI=1S/C25H27N3O5S/c1-5-28-21-9-7-6-8-19(21)20-14-17(10-12-22(20)28)26-25(29)16-27(2)34(30,31)18-11-13-23(32-3)24(15-18)33-4/h6-15H,5,16H2,1-4H3,(H,26,29). The van der Waals surface area contributed by atoms with Gasteiger partial charge in [0.1, 0.15) is 0 Å². The normalized spacial score (nSPS) is 11.8. The summed E-state index contributed by atoms with van der Waals surface area (Å²) in [5.41, 5.74) is 2.81. The van der Waals surface area contributed by atoms with Crippen LogP contribution in [0, 0.1) is 0 Å². The molecular weight excluding hydrogens is 454 g/mol. The number of rotatable bonds is 8. The molecule has 0 aliphatic heterocycles. The number of aromatic nitrogens is 1. The first-order valence-corrected chi connectivity index (χ1v) is 12.2. The maximum atomic E-state index is 13.0. The van der Waals surface area contributed by atoms with Crippen molar-refractivity contribution in [2.75, 3.05) is 33.1 Å². The second-order valence-corrected chi connectivity index (χ2v) is 9.86. The fourth-order valence-electron chi connectivity index (χ4n) is 4.12. The highest BCUT2D eigenvalue weighted by molar-refractivity contribution is 7.89. The van der Waals surface area contributed by atoms with E-state index < -0.39 is 15.9 Å². The predicted molar refractivity (Wildman–Crippen MR) is 133 cm³/mol. The van der Waals surface area contributed by atoms with E-state index >= 15 is 0 Å². The van der Waals surface area contributed by atoms with Crippen molar-refractivity contribution in [1.29, 1.82) is 0 Å². The summed E-state index contributed by atoms with van der Waals surface area (Å²) in [5, 5.41) is 4.95. The Hall–Kier alpha value is -3.56. The van der Waals surface area contributed by atoms with Gasteiger partial charge in [-0.2, -0.15) is 4.31 Å². The highest BCUT2D eigenvalue weighted by atomic mass is 32.2. The Morgan fingerprint density at radius 2 is 1.65 bits per heavy atom. The molecular formula is C25H27N3O5S. The van der Waals surface area contributed by atoms with Crippen LogP contribution in [0.15, 0.2) is 65.6 Å². The van der Waals surface area contributed by atoms with Gasteiger partial charge in [0.2, 0.25) is 15.9 Å². The fourth-order valence-corrected chi connectivity index (χ4v) is 5.26. The monoisotopic (exact) mass is 481 g/mol. The number of para-hydroxylation sites is 1. The molecule has 1 aromatic heterocycles. The van der Waals surface area contributed by atoms with Gasteiger partial charge in [-0.3, -0.25) is 4.79 Å². The number of aryl methyl sites for hydroxylation is 1. The van der Waals surface area contributed by atoms with Gasteiger partial charge in [-0.05, 0) is 43.3 Å². The highest BCUT2D eigenvalue weighted by Gasteiger charge is 2.24. The first kappa shape index (κ1) is 23.6. The second kappa shape index (κ2) is 9.36. The molecule has 0 bridgehead atoms. The minimum absolute atomic E-state index is 0.00856. The molecule has 9 heteroatoms. The van der Waals surface area contributed by atoms with Gasteiger partial charge in [0, 0.05) is 47.2 Å². The number of amides is 1. The van der Waals surface area contributed by atoms with Crippen LogP contribution in [0.4, 0.5) is 5.69 Å². The molecule has 0 saturated carbocycles.